The zero-order valence-electron chi connectivity index (χ0n) is 9.88. The normalized spacial score (nSPS) is 9.83. The summed E-state index contributed by atoms with van der Waals surface area (Å²) in [6, 6.07) is 8.46. The molecule has 1 amide bonds. The van der Waals surface area contributed by atoms with Gasteiger partial charge in [-0.05, 0) is 24.3 Å². The molecule has 3 N–H and O–H groups in total. The van der Waals surface area contributed by atoms with Crippen LogP contribution in [0.25, 0.3) is 0 Å². The molecule has 0 unspecified atom stereocenters. The maximum Gasteiger partial charge on any atom is 0.257 e. The van der Waals surface area contributed by atoms with Gasteiger partial charge in [-0.25, -0.2) is 0 Å². The molecular weight excluding hydrogens is 230 g/mol. The van der Waals surface area contributed by atoms with Crippen LogP contribution in [0.15, 0.2) is 42.7 Å². The molecule has 0 saturated carbocycles. The number of ether oxygens (including phenoxy) is 1. The summed E-state index contributed by atoms with van der Waals surface area (Å²) in [6.45, 7) is 0. The molecule has 2 aromatic rings. The Balaban J connectivity index is 2.17. The van der Waals surface area contributed by atoms with Gasteiger partial charge in [0.25, 0.3) is 5.91 Å². The number of amides is 1. The van der Waals surface area contributed by atoms with Gasteiger partial charge in [0, 0.05) is 18.5 Å². The molecule has 18 heavy (non-hydrogen) atoms. The highest BCUT2D eigenvalue weighted by Crippen LogP contribution is 2.24. The minimum Gasteiger partial charge on any atom is -0.497 e. The van der Waals surface area contributed by atoms with Crippen LogP contribution >= 0.6 is 0 Å². The lowest BCUT2D eigenvalue weighted by Crippen LogP contribution is -2.13. The summed E-state index contributed by atoms with van der Waals surface area (Å²) in [4.78, 5) is 15.8. The third-order valence-corrected chi connectivity index (χ3v) is 2.43. The molecular formula is C13H13N3O2. The van der Waals surface area contributed by atoms with Gasteiger partial charge in [-0.3, -0.25) is 9.78 Å². The number of nitrogen functional groups attached to an aromatic ring is 1. The van der Waals surface area contributed by atoms with Gasteiger partial charge < -0.3 is 15.8 Å². The molecule has 0 radical (unpaired) electrons. The Kier molecular flexibility index (Phi) is 3.43. The Bertz CT molecular complexity index is 555. The standard InChI is InChI=1S/C13H13N3O2/c1-18-10-4-5-12(11(14)7-10)16-13(17)9-3-2-6-15-8-9/h2-8H,14H2,1H3,(H,16,17). The number of anilines is 2. The molecule has 1 aromatic heterocycles. The Morgan fingerprint density at radius 2 is 2.22 bits per heavy atom. The second-order valence-corrected chi connectivity index (χ2v) is 3.65. The SMILES string of the molecule is COc1ccc(NC(=O)c2cccnc2)c(N)c1. The summed E-state index contributed by atoms with van der Waals surface area (Å²) < 4.78 is 5.04. The molecule has 5 nitrogen and oxygen atoms in total. The van der Waals surface area contributed by atoms with E-state index in [1.807, 2.05) is 0 Å². The molecule has 1 heterocycles. The van der Waals surface area contributed by atoms with Crippen LogP contribution in [0.4, 0.5) is 11.4 Å². The Hall–Kier alpha value is -2.56. The summed E-state index contributed by atoms with van der Waals surface area (Å²) in [6.07, 6.45) is 3.10. The minimum atomic E-state index is -0.250. The quantitative estimate of drug-likeness (QED) is 0.807. The van der Waals surface area contributed by atoms with Crippen molar-refractivity contribution in [3.63, 3.8) is 0 Å². The highest BCUT2D eigenvalue weighted by molar-refractivity contribution is 6.05. The fourth-order valence-electron chi connectivity index (χ4n) is 1.47. The highest BCUT2D eigenvalue weighted by atomic mass is 16.5. The Labute approximate surface area is 105 Å². The second-order valence-electron chi connectivity index (χ2n) is 3.65. The largest absolute Gasteiger partial charge is 0.497 e. The van der Waals surface area contributed by atoms with Crippen LogP contribution in [0.1, 0.15) is 10.4 Å². The third kappa shape index (κ3) is 2.57. The number of pyridine rings is 1. The third-order valence-electron chi connectivity index (χ3n) is 2.43. The van der Waals surface area contributed by atoms with E-state index in [1.54, 1.807) is 43.6 Å². The van der Waals surface area contributed by atoms with Gasteiger partial charge in [0.15, 0.2) is 0 Å². The van der Waals surface area contributed by atoms with Crippen LogP contribution < -0.4 is 15.8 Å². The van der Waals surface area contributed by atoms with Crippen molar-refractivity contribution in [1.82, 2.24) is 4.98 Å². The van der Waals surface area contributed by atoms with Crippen LogP contribution in [0.3, 0.4) is 0 Å². The number of benzene rings is 1. The van der Waals surface area contributed by atoms with E-state index in [2.05, 4.69) is 10.3 Å². The van der Waals surface area contributed by atoms with Crippen molar-refractivity contribution in [1.29, 1.82) is 0 Å². The van der Waals surface area contributed by atoms with E-state index < -0.39 is 0 Å². The van der Waals surface area contributed by atoms with Crippen molar-refractivity contribution in [2.24, 2.45) is 0 Å². The van der Waals surface area contributed by atoms with E-state index in [0.29, 0.717) is 22.7 Å². The number of nitrogens with one attached hydrogen (secondary N) is 1. The summed E-state index contributed by atoms with van der Waals surface area (Å²) >= 11 is 0. The smallest absolute Gasteiger partial charge is 0.257 e. The van der Waals surface area contributed by atoms with Crippen molar-refractivity contribution in [2.75, 3.05) is 18.2 Å². The lowest BCUT2D eigenvalue weighted by atomic mass is 10.2. The zero-order valence-corrected chi connectivity index (χ0v) is 9.88. The lowest BCUT2D eigenvalue weighted by molar-refractivity contribution is 0.102. The average Bonchev–Trinajstić information content (AvgIpc) is 2.42. The summed E-state index contributed by atoms with van der Waals surface area (Å²) in [5.74, 6) is 0.395. The predicted molar refractivity (Wildman–Crippen MR) is 69.6 cm³/mol. The number of methoxy groups -OCH3 is 1. The maximum absolute atomic E-state index is 11.9. The minimum absolute atomic E-state index is 0.250. The van der Waals surface area contributed by atoms with E-state index in [-0.39, 0.29) is 5.91 Å². The summed E-state index contributed by atoms with van der Waals surface area (Å²) in [7, 11) is 1.56. The van der Waals surface area contributed by atoms with E-state index in [0.717, 1.165) is 0 Å². The molecule has 0 aliphatic heterocycles. The van der Waals surface area contributed by atoms with Crippen LogP contribution in [0.2, 0.25) is 0 Å². The highest BCUT2D eigenvalue weighted by Gasteiger charge is 2.08. The lowest BCUT2D eigenvalue weighted by Gasteiger charge is -2.09. The predicted octanol–water partition coefficient (Wildman–Crippen LogP) is 1.92. The topological polar surface area (TPSA) is 77.2 Å². The van der Waals surface area contributed by atoms with Crippen molar-refractivity contribution in [3.8, 4) is 5.75 Å². The number of hydrogen-bond donors (Lipinski definition) is 2. The van der Waals surface area contributed by atoms with Gasteiger partial charge in [0.1, 0.15) is 5.75 Å². The van der Waals surface area contributed by atoms with Gasteiger partial charge in [-0.1, -0.05) is 0 Å². The maximum atomic E-state index is 11.9. The Morgan fingerprint density at radius 1 is 1.39 bits per heavy atom. The zero-order chi connectivity index (χ0) is 13.0. The van der Waals surface area contributed by atoms with Crippen molar-refractivity contribution >= 4 is 17.3 Å². The van der Waals surface area contributed by atoms with E-state index in [1.165, 1.54) is 6.20 Å². The molecule has 92 valence electrons. The van der Waals surface area contributed by atoms with Crippen LogP contribution in [0.5, 0.6) is 5.75 Å². The van der Waals surface area contributed by atoms with Gasteiger partial charge in [0.05, 0.1) is 24.0 Å². The molecule has 0 aliphatic carbocycles. The van der Waals surface area contributed by atoms with Crippen molar-refractivity contribution in [3.05, 3.63) is 48.3 Å². The monoisotopic (exact) mass is 243 g/mol. The molecule has 0 atom stereocenters. The van der Waals surface area contributed by atoms with Crippen LogP contribution in [0, 0.1) is 0 Å². The number of hydrogen-bond acceptors (Lipinski definition) is 4. The number of rotatable bonds is 3. The van der Waals surface area contributed by atoms with E-state index in [9.17, 15) is 4.79 Å². The first-order valence-corrected chi connectivity index (χ1v) is 5.35. The number of carbonyl (C=O) groups excluding carboxylic acids is 1. The van der Waals surface area contributed by atoms with Gasteiger partial charge in [-0.2, -0.15) is 0 Å². The first-order chi connectivity index (χ1) is 8.70. The number of carbonyl (C=O) groups is 1. The fourth-order valence-corrected chi connectivity index (χ4v) is 1.47. The second kappa shape index (κ2) is 5.18. The molecule has 5 heteroatoms. The fraction of sp³-hybridized carbons (Fsp3) is 0.0769. The van der Waals surface area contributed by atoms with Crippen LogP contribution in [-0.4, -0.2) is 18.0 Å². The number of nitrogens with zero attached hydrogens (tertiary/aromatic N) is 1. The molecule has 0 bridgehead atoms. The average molecular weight is 243 g/mol. The number of nitrogens with two attached hydrogens (primary N) is 1. The van der Waals surface area contributed by atoms with E-state index in [4.69, 9.17) is 10.5 Å². The number of aromatic nitrogens is 1. The molecule has 0 saturated heterocycles. The first-order valence-electron chi connectivity index (χ1n) is 5.35. The summed E-state index contributed by atoms with van der Waals surface area (Å²) in [5.41, 5.74) is 7.29. The van der Waals surface area contributed by atoms with Gasteiger partial charge >= 0.3 is 0 Å². The van der Waals surface area contributed by atoms with Crippen molar-refractivity contribution in [2.45, 2.75) is 0 Å². The first kappa shape index (κ1) is 11.9. The molecule has 0 aliphatic rings. The van der Waals surface area contributed by atoms with Gasteiger partial charge in [-0.15, -0.1) is 0 Å². The van der Waals surface area contributed by atoms with Gasteiger partial charge in [0.2, 0.25) is 0 Å². The van der Waals surface area contributed by atoms with E-state index >= 15 is 0 Å². The van der Waals surface area contributed by atoms with Crippen molar-refractivity contribution < 1.29 is 9.53 Å². The molecule has 2 rings (SSSR count). The molecule has 0 fully saturated rings. The van der Waals surface area contributed by atoms with Crippen LogP contribution in [-0.2, 0) is 0 Å². The molecule has 0 spiro atoms. The molecule has 1 aromatic carbocycles. The summed E-state index contributed by atoms with van der Waals surface area (Å²) in [5, 5.41) is 2.72. The Morgan fingerprint density at radius 3 is 2.83 bits per heavy atom.